The topological polar surface area (TPSA) is 91.9 Å². The average molecular weight is 322 g/mol. The van der Waals surface area contributed by atoms with E-state index in [0.29, 0.717) is 6.54 Å². The molecule has 0 saturated heterocycles. The summed E-state index contributed by atoms with van der Waals surface area (Å²) >= 11 is 3.05. The van der Waals surface area contributed by atoms with Crippen molar-refractivity contribution in [2.75, 3.05) is 13.1 Å². The predicted octanol–water partition coefficient (Wildman–Crippen LogP) is 0.502. The lowest BCUT2D eigenvalue weighted by molar-refractivity contribution is 0.427. The standard InChI is InChI=1S/C8H12BrN5O2S/c1-3-14(6-4-5-10)17(15,16)8-7(9)11-12-13(8)2/h3-4,6H2,1-2H3. The Labute approximate surface area is 108 Å². The molecule has 0 atom stereocenters. The van der Waals surface area contributed by atoms with Crippen LogP contribution in [0.15, 0.2) is 9.63 Å². The fourth-order valence-corrected chi connectivity index (χ4v) is 3.82. The van der Waals surface area contributed by atoms with Crippen LogP contribution in [0.25, 0.3) is 0 Å². The predicted molar refractivity (Wildman–Crippen MR) is 63.4 cm³/mol. The van der Waals surface area contributed by atoms with Gasteiger partial charge in [0.15, 0.2) is 4.60 Å². The zero-order valence-electron chi connectivity index (χ0n) is 9.46. The van der Waals surface area contributed by atoms with Crippen molar-refractivity contribution in [1.29, 1.82) is 5.26 Å². The van der Waals surface area contributed by atoms with E-state index in [9.17, 15) is 8.42 Å². The highest BCUT2D eigenvalue weighted by atomic mass is 79.9. The smallest absolute Gasteiger partial charge is 0.235 e. The molecule has 0 N–H and O–H groups in total. The fraction of sp³-hybridized carbons (Fsp3) is 0.625. The minimum Gasteiger partial charge on any atom is -0.235 e. The molecule has 0 saturated carbocycles. The molecule has 0 aromatic carbocycles. The molecule has 0 unspecified atom stereocenters. The van der Waals surface area contributed by atoms with Crippen LogP contribution in [0.4, 0.5) is 0 Å². The minimum atomic E-state index is -3.67. The number of rotatable bonds is 5. The summed E-state index contributed by atoms with van der Waals surface area (Å²) in [5.74, 6) is 0. The van der Waals surface area contributed by atoms with Gasteiger partial charge in [0.1, 0.15) is 0 Å². The SMILES string of the molecule is CCN(CCC#N)S(=O)(=O)c1c(Br)nnn1C. The van der Waals surface area contributed by atoms with Crippen molar-refractivity contribution in [3.63, 3.8) is 0 Å². The first-order valence-corrected chi connectivity index (χ1v) is 7.10. The van der Waals surface area contributed by atoms with Gasteiger partial charge in [0, 0.05) is 26.6 Å². The normalized spacial score (nSPS) is 11.7. The number of aryl methyl sites for hydroxylation is 1. The van der Waals surface area contributed by atoms with Crippen molar-refractivity contribution in [3.05, 3.63) is 4.60 Å². The van der Waals surface area contributed by atoms with Crippen LogP contribution in [0.1, 0.15) is 13.3 Å². The van der Waals surface area contributed by atoms with E-state index >= 15 is 0 Å². The van der Waals surface area contributed by atoms with Crippen molar-refractivity contribution in [2.45, 2.75) is 18.4 Å². The van der Waals surface area contributed by atoms with E-state index in [0.717, 1.165) is 0 Å². The summed E-state index contributed by atoms with van der Waals surface area (Å²) in [6.45, 7) is 2.17. The maximum Gasteiger partial charge on any atom is 0.263 e. The Bertz CT molecular complexity index is 513. The van der Waals surface area contributed by atoms with Gasteiger partial charge in [-0.05, 0) is 15.9 Å². The molecule has 1 aromatic heterocycles. The molecule has 9 heteroatoms. The van der Waals surface area contributed by atoms with Crippen LogP contribution in [0.5, 0.6) is 0 Å². The minimum absolute atomic E-state index is 0.00251. The highest BCUT2D eigenvalue weighted by Gasteiger charge is 2.29. The number of hydrogen-bond acceptors (Lipinski definition) is 5. The Morgan fingerprint density at radius 2 is 2.24 bits per heavy atom. The highest BCUT2D eigenvalue weighted by Crippen LogP contribution is 2.21. The van der Waals surface area contributed by atoms with Gasteiger partial charge < -0.3 is 0 Å². The maximum atomic E-state index is 12.3. The molecule has 0 amide bonds. The quantitative estimate of drug-likeness (QED) is 0.787. The molecule has 1 rings (SSSR count). The van der Waals surface area contributed by atoms with Gasteiger partial charge in [-0.1, -0.05) is 12.1 Å². The Balaban J connectivity index is 3.14. The first-order chi connectivity index (χ1) is 7.95. The Kier molecular flexibility index (Phi) is 4.62. The molecule has 0 fully saturated rings. The van der Waals surface area contributed by atoms with Crippen molar-refractivity contribution in [2.24, 2.45) is 7.05 Å². The summed E-state index contributed by atoms with van der Waals surface area (Å²) in [5, 5.41) is 15.8. The summed E-state index contributed by atoms with van der Waals surface area (Å²) in [4.78, 5) is 0. The van der Waals surface area contributed by atoms with Crippen LogP contribution in [0, 0.1) is 11.3 Å². The van der Waals surface area contributed by atoms with Gasteiger partial charge in [-0.2, -0.15) is 9.57 Å². The van der Waals surface area contributed by atoms with E-state index in [1.807, 2.05) is 6.07 Å². The number of halogens is 1. The van der Waals surface area contributed by atoms with Gasteiger partial charge in [0.25, 0.3) is 10.0 Å². The largest absolute Gasteiger partial charge is 0.263 e. The van der Waals surface area contributed by atoms with Gasteiger partial charge in [0.05, 0.1) is 6.07 Å². The van der Waals surface area contributed by atoms with Gasteiger partial charge >= 0.3 is 0 Å². The van der Waals surface area contributed by atoms with E-state index in [2.05, 4.69) is 26.2 Å². The third kappa shape index (κ3) is 2.83. The van der Waals surface area contributed by atoms with E-state index < -0.39 is 10.0 Å². The van der Waals surface area contributed by atoms with Crippen LogP contribution in [-0.2, 0) is 17.1 Å². The van der Waals surface area contributed by atoms with Crippen molar-refractivity contribution in [1.82, 2.24) is 19.3 Å². The summed E-state index contributed by atoms with van der Waals surface area (Å²) in [7, 11) is -2.17. The van der Waals surface area contributed by atoms with E-state index in [4.69, 9.17) is 5.26 Å². The zero-order valence-corrected chi connectivity index (χ0v) is 11.9. The molecule has 0 aliphatic heterocycles. The molecule has 0 aliphatic carbocycles. The summed E-state index contributed by atoms with van der Waals surface area (Å²) in [6.07, 6.45) is 0.149. The molecule has 7 nitrogen and oxygen atoms in total. The van der Waals surface area contributed by atoms with Crippen LogP contribution in [0.2, 0.25) is 0 Å². The average Bonchev–Trinajstić information content (AvgIpc) is 2.59. The first-order valence-electron chi connectivity index (χ1n) is 4.87. The molecular weight excluding hydrogens is 310 g/mol. The number of aromatic nitrogens is 3. The molecular formula is C8H12BrN5O2S. The Morgan fingerprint density at radius 1 is 1.59 bits per heavy atom. The molecule has 0 spiro atoms. The van der Waals surface area contributed by atoms with Gasteiger partial charge in [0.2, 0.25) is 5.03 Å². The van der Waals surface area contributed by atoms with Crippen LogP contribution >= 0.6 is 15.9 Å². The summed E-state index contributed by atoms with van der Waals surface area (Å²) in [5.41, 5.74) is 0. The van der Waals surface area contributed by atoms with Crippen molar-refractivity contribution < 1.29 is 8.42 Å². The number of hydrogen-bond donors (Lipinski definition) is 0. The van der Waals surface area contributed by atoms with Crippen molar-refractivity contribution >= 4 is 26.0 Å². The molecule has 1 aromatic rings. The zero-order chi connectivity index (χ0) is 13.1. The Hall–Kier alpha value is -0.980. The fourth-order valence-electron chi connectivity index (χ4n) is 1.34. The lowest BCUT2D eigenvalue weighted by Gasteiger charge is -2.18. The first kappa shape index (κ1) is 14.1. The van der Waals surface area contributed by atoms with Gasteiger partial charge in [-0.3, -0.25) is 0 Å². The van der Waals surface area contributed by atoms with E-state index in [-0.39, 0.29) is 22.6 Å². The second-order valence-electron chi connectivity index (χ2n) is 3.21. The van der Waals surface area contributed by atoms with E-state index in [1.54, 1.807) is 6.92 Å². The Morgan fingerprint density at radius 3 is 2.65 bits per heavy atom. The third-order valence-corrected chi connectivity index (χ3v) is 5.01. The second-order valence-corrected chi connectivity index (χ2v) is 5.82. The second kappa shape index (κ2) is 5.57. The summed E-state index contributed by atoms with van der Waals surface area (Å²) in [6, 6.07) is 1.92. The number of nitrogens with zero attached hydrogens (tertiary/aromatic N) is 5. The molecule has 0 aliphatic rings. The van der Waals surface area contributed by atoms with Crippen LogP contribution < -0.4 is 0 Å². The van der Waals surface area contributed by atoms with Crippen LogP contribution in [0.3, 0.4) is 0 Å². The van der Waals surface area contributed by atoms with Gasteiger partial charge in [-0.25, -0.2) is 13.1 Å². The lowest BCUT2D eigenvalue weighted by Crippen LogP contribution is -2.33. The highest BCUT2D eigenvalue weighted by molar-refractivity contribution is 9.10. The molecule has 94 valence electrons. The van der Waals surface area contributed by atoms with Crippen LogP contribution in [-0.4, -0.2) is 40.8 Å². The van der Waals surface area contributed by atoms with E-state index in [1.165, 1.54) is 16.0 Å². The molecule has 1 heterocycles. The number of sulfonamides is 1. The third-order valence-electron chi connectivity index (χ3n) is 2.15. The maximum absolute atomic E-state index is 12.3. The molecule has 0 radical (unpaired) electrons. The van der Waals surface area contributed by atoms with Gasteiger partial charge in [-0.15, -0.1) is 5.10 Å². The lowest BCUT2D eigenvalue weighted by atomic mass is 10.5. The molecule has 17 heavy (non-hydrogen) atoms. The molecule has 0 bridgehead atoms. The number of nitriles is 1. The summed E-state index contributed by atoms with van der Waals surface area (Å²) < 4.78 is 27.1. The monoisotopic (exact) mass is 321 g/mol. The van der Waals surface area contributed by atoms with Crippen molar-refractivity contribution in [3.8, 4) is 6.07 Å².